The summed E-state index contributed by atoms with van der Waals surface area (Å²) in [4.78, 5) is 12.8. The van der Waals surface area contributed by atoms with Crippen LogP contribution in [0.5, 0.6) is 0 Å². The van der Waals surface area contributed by atoms with Crippen molar-refractivity contribution in [3.63, 3.8) is 0 Å². The molecule has 0 bridgehead atoms. The van der Waals surface area contributed by atoms with Crippen LogP contribution in [0.15, 0.2) is 34.3 Å². The summed E-state index contributed by atoms with van der Waals surface area (Å²) in [5.74, 6) is 6.06. The summed E-state index contributed by atoms with van der Waals surface area (Å²) in [6.07, 6.45) is 2.27. The van der Waals surface area contributed by atoms with E-state index in [0.717, 1.165) is 10.6 Å². The Morgan fingerprint density at radius 1 is 1.60 bits per heavy atom. The lowest BCUT2D eigenvalue weighted by atomic mass is 10.2. The maximum absolute atomic E-state index is 12.0. The molecule has 2 aromatic rings. The Morgan fingerprint density at radius 3 is 3.15 bits per heavy atom. The summed E-state index contributed by atoms with van der Waals surface area (Å²) < 4.78 is 5.25. The van der Waals surface area contributed by atoms with E-state index in [4.69, 9.17) is 9.52 Å². The molecule has 2 heterocycles. The van der Waals surface area contributed by atoms with Crippen molar-refractivity contribution in [2.75, 3.05) is 6.61 Å². The standard InChI is InChI=1S/C15H15NO3S/c1-11(8-13-4-3-7-19-13)16-15(18)12-9-14(20-10-12)5-2-6-17/h3-4,7,9-11,17H,6,8H2,1H3,(H,16,18). The fourth-order valence-electron chi connectivity index (χ4n) is 1.74. The van der Waals surface area contributed by atoms with E-state index in [0.29, 0.717) is 12.0 Å². The number of hydrogen-bond donors (Lipinski definition) is 2. The van der Waals surface area contributed by atoms with Gasteiger partial charge in [-0.1, -0.05) is 11.8 Å². The highest BCUT2D eigenvalue weighted by atomic mass is 32.1. The second-order valence-electron chi connectivity index (χ2n) is 4.32. The molecule has 2 N–H and O–H groups in total. The number of thiophene rings is 1. The minimum atomic E-state index is -0.181. The first kappa shape index (κ1) is 14.4. The predicted octanol–water partition coefficient (Wildman–Crippen LogP) is 2.05. The molecule has 0 saturated heterocycles. The maximum Gasteiger partial charge on any atom is 0.252 e. The fourth-order valence-corrected chi connectivity index (χ4v) is 2.49. The molecule has 0 aliphatic carbocycles. The van der Waals surface area contributed by atoms with Crippen LogP contribution < -0.4 is 5.32 Å². The zero-order valence-corrected chi connectivity index (χ0v) is 11.9. The van der Waals surface area contributed by atoms with Crippen LogP contribution in [-0.4, -0.2) is 23.7 Å². The normalized spacial score (nSPS) is 11.5. The number of hydrogen-bond acceptors (Lipinski definition) is 4. The fraction of sp³-hybridized carbons (Fsp3) is 0.267. The lowest BCUT2D eigenvalue weighted by Gasteiger charge is -2.11. The number of carbonyl (C=O) groups is 1. The Bertz CT molecular complexity index is 619. The molecule has 0 aromatic carbocycles. The number of carbonyl (C=O) groups excluding carboxylic acids is 1. The third-order valence-corrected chi connectivity index (χ3v) is 3.46. The molecule has 0 saturated carbocycles. The van der Waals surface area contributed by atoms with Crippen molar-refractivity contribution in [2.24, 2.45) is 0 Å². The number of amides is 1. The minimum Gasteiger partial charge on any atom is -0.469 e. The number of aliphatic hydroxyl groups excluding tert-OH is 1. The molecule has 1 amide bonds. The first-order valence-electron chi connectivity index (χ1n) is 6.20. The van der Waals surface area contributed by atoms with Crippen LogP contribution in [0.4, 0.5) is 0 Å². The summed E-state index contributed by atoms with van der Waals surface area (Å²) >= 11 is 1.39. The van der Waals surface area contributed by atoms with Gasteiger partial charge in [-0.2, -0.15) is 0 Å². The Balaban J connectivity index is 1.92. The van der Waals surface area contributed by atoms with Gasteiger partial charge in [0.15, 0.2) is 0 Å². The maximum atomic E-state index is 12.0. The molecule has 1 unspecified atom stereocenters. The molecule has 2 aromatic heterocycles. The van der Waals surface area contributed by atoms with E-state index in [9.17, 15) is 4.79 Å². The lowest BCUT2D eigenvalue weighted by molar-refractivity contribution is 0.0939. The van der Waals surface area contributed by atoms with Crippen molar-refractivity contribution in [2.45, 2.75) is 19.4 Å². The van der Waals surface area contributed by atoms with Crippen LogP contribution in [0.1, 0.15) is 27.9 Å². The number of rotatable bonds is 4. The molecule has 0 fully saturated rings. The second kappa shape index (κ2) is 6.94. The van der Waals surface area contributed by atoms with Crippen molar-refractivity contribution >= 4 is 17.2 Å². The molecule has 0 aliphatic heterocycles. The molecular weight excluding hydrogens is 274 g/mol. The molecule has 0 aliphatic rings. The van der Waals surface area contributed by atoms with Gasteiger partial charge in [0.2, 0.25) is 0 Å². The molecule has 20 heavy (non-hydrogen) atoms. The first-order chi connectivity index (χ1) is 9.69. The van der Waals surface area contributed by atoms with Gasteiger partial charge in [0.05, 0.1) is 16.7 Å². The van der Waals surface area contributed by atoms with E-state index in [-0.39, 0.29) is 18.6 Å². The molecular formula is C15H15NO3S. The Hall–Kier alpha value is -2.03. The summed E-state index contributed by atoms with van der Waals surface area (Å²) in [6, 6.07) is 5.42. The van der Waals surface area contributed by atoms with Crippen LogP contribution in [0.25, 0.3) is 0 Å². The summed E-state index contributed by atoms with van der Waals surface area (Å²) in [7, 11) is 0. The number of nitrogens with one attached hydrogen (secondary N) is 1. The van der Waals surface area contributed by atoms with Crippen LogP contribution in [0, 0.1) is 11.8 Å². The zero-order chi connectivity index (χ0) is 14.4. The van der Waals surface area contributed by atoms with Gasteiger partial charge in [-0.15, -0.1) is 11.3 Å². The van der Waals surface area contributed by atoms with Crippen molar-refractivity contribution in [3.05, 3.63) is 46.0 Å². The monoisotopic (exact) mass is 289 g/mol. The van der Waals surface area contributed by atoms with Gasteiger partial charge in [-0.05, 0) is 25.1 Å². The first-order valence-corrected chi connectivity index (χ1v) is 7.08. The van der Waals surface area contributed by atoms with Gasteiger partial charge < -0.3 is 14.8 Å². The smallest absolute Gasteiger partial charge is 0.252 e. The topological polar surface area (TPSA) is 62.5 Å². The lowest BCUT2D eigenvalue weighted by Crippen LogP contribution is -2.33. The molecule has 0 spiro atoms. The van der Waals surface area contributed by atoms with Crippen LogP contribution in [0.3, 0.4) is 0 Å². The van der Waals surface area contributed by atoms with Crippen LogP contribution in [0.2, 0.25) is 0 Å². The van der Waals surface area contributed by atoms with Crippen molar-refractivity contribution in [1.82, 2.24) is 5.32 Å². The summed E-state index contributed by atoms with van der Waals surface area (Å²) in [5, 5.41) is 13.3. The average molecular weight is 289 g/mol. The molecule has 1 atom stereocenters. The van der Waals surface area contributed by atoms with Crippen molar-refractivity contribution in [3.8, 4) is 11.8 Å². The van der Waals surface area contributed by atoms with Gasteiger partial charge in [-0.25, -0.2) is 0 Å². The van der Waals surface area contributed by atoms with Gasteiger partial charge >= 0.3 is 0 Å². The molecule has 0 radical (unpaired) electrons. The highest BCUT2D eigenvalue weighted by molar-refractivity contribution is 7.10. The van der Waals surface area contributed by atoms with E-state index < -0.39 is 0 Å². The molecule has 5 heteroatoms. The minimum absolute atomic E-state index is 0.0134. The van der Waals surface area contributed by atoms with Crippen molar-refractivity contribution < 1.29 is 14.3 Å². The average Bonchev–Trinajstić information content (AvgIpc) is 3.07. The number of furan rings is 1. The van der Waals surface area contributed by atoms with E-state index in [1.165, 1.54) is 11.3 Å². The van der Waals surface area contributed by atoms with Gasteiger partial charge in [0.1, 0.15) is 12.4 Å². The van der Waals surface area contributed by atoms with E-state index in [1.54, 1.807) is 17.7 Å². The van der Waals surface area contributed by atoms with Crippen LogP contribution in [-0.2, 0) is 6.42 Å². The van der Waals surface area contributed by atoms with E-state index >= 15 is 0 Å². The van der Waals surface area contributed by atoms with Gasteiger partial charge in [-0.3, -0.25) is 4.79 Å². The Labute approximate surface area is 121 Å². The highest BCUT2D eigenvalue weighted by Gasteiger charge is 2.12. The SMILES string of the molecule is CC(Cc1ccco1)NC(=O)c1csc(C#CCO)c1. The Kier molecular flexibility index (Phi) is 4.99. The van der Waals surface area contributed by atoms with E-state index in [1.807, 2.05) is 19.1 Å². The van der Waals surface area contributed by atoms with Crippen molar-refractivity contribution in [1.29, 1.82) is 0 Å². The van der Waals surface area contributed by atoms with Gasteiger partial charge in [0.25, 0.3) is 5.91 Å². The quantitative estimate of drug-likeness (QED) is 0.847. The predicted molar refractivity (Wildman–Crippen MR) is 77.6 cm³/mol. The summed E-state index contributed by atoms with van der Waals surface area (Å²) in [6.45, 7) is 1.75. The Morgan fingerprint density at radius 2 is 2.45 bits per heavy atom. The number of aliphatic hydroxyl groups is 1. The highest BCUT2D eigenvalue weighted by Crippen LogP contribution is 2.14. The molecule has 4 nitrogen and oxygen atoms in total. The van der Waals surface area contributed by atoms with E-state index in [2.05, 4.69) is 17.2 Å². The largest absolute Gasteiger partial charge is 0.469 e. The second-order valence-corrected chi connectivity index (χ2v) is 5.23. The zero-order valence-electron chi connectivity index (χ0n) is 11.1. The third-order valence-electron chi connectivity index (χ3n) is 2.62. The summed E-state index contributed by atoms with van der Waals surface area (Å²) in [5.41, 5.74) is 0.587. The van der Waals surface area contributed by atoms with Gasteiger partial charge in [0, 0.05) is 17.8 Å². The third kappa shape index (κ3) is 3.98. The molecule has 2 rings (SSSR count). The van der Waals surface area contributed by atoms with Crippen LogP contribution >= 0.6 is 11.3 Å². The molecule has 104 valence electrons.